The zero-order valence-corrected chi connectivity index (χ0v) is 14.9. The van der Waals surface area contributed by atoms with Gasteiger partial charge in [0.05, 0.1) is 6.33 Å². The van der Waals surface area contributed by atoms with Crippen LogP contribution in [-0.4, -0.2) is 39.8 Å². The highest BCUT2D eigenvalue weighted by Gasteiger charge is 2.27. The van der Waals surface area contributed by atoms with Gasteiger partial charge in [-0.05, 0) is 23.0 Å². The molecule has 3 rings (SSSR count). The molecule has 0 saturated heterocycles. The molecule has 132 valence electrons. The van der Waals surface area contributed by atoms with Crippen LogP contribution in [0, 0.1) is 5.41 Å². The summed E-state index contributed by atoms with van der Waals surface area (Å²) in [5, 5.41) is 2.85. The van der Waals surface area contributed by atoms with E-state index >= 15 is 0 Å². The second kappa shape index (κ2) is 6.70. The van der Waals surface area contributed by atoms with Gasteiger partial charge in [0.25, 0.3) is 11.8 Å². The molecule has 0 saturated carbocycles. The molecular formula is C19H24N4O2. The first kappa shape index (κ1) is 17.2. The molecular weight excluding hydrogens is 316 g/mol. The maximum Gasteiger partial charge on any atom is 0.273 e. The van der Waals surface area contributed by atoms with Gasteiger partial charge in [0, 0.05) is 19.6 Å². The van der Waals surface area contributed by atoms with E-state index in [2.05, 4.69) is 21.4 Å². The average molecular weight is 340 g/mol. The summed E-state index contributed by atoms with van der Waals surface area (Å²) < 4.78 is 0. The summed E-state index contributed by atoms with van der Waals surface area (Å²) in [5.41, 5.74) is 2.81. The monoisotopic (exact) mass is 340 g/mol. The first-order valence-corrected chi connectivity index (χ1v) is 8.53. The zero-order valence-electron chi connectivity index (χ0n) is 14.9. The summed E-state index contributed by atoms with van der Waals surface area (Å²) in [7, 11) is 0. The summed E-state index contributed by atoms with van der Waals surface area (Å²) in [6.07, 6.45) is 2.22. The van der Waals surface area contributed by atoms with Crippen molar-refractivity contribution in [3.8, 4) is 0 Å². The van der Waals surface area contributed by atoms with E-state index in [0.29, 0.717) is 19.6 Å². The summed E-state index contributed by atoms with van der Waals surface area (Å²) >= 11 is 0. The van der Waals surface area contributed by atoms with Gasteiger partial charge < -0.3 is 15.2 Å². The molecule has 1 aromatic heterocycles. The van der Waals surface area contributed by atoms with Crippen LogP contribution in [0.3, 0.4) is 0 Å². The van der Waals surface area contributed by atoms with E-state index in [1.807, 2.05) is 39.0 Å². The van der Waals surface area contributed by atoms with E-state index in [-0.39, 0.29) is 28.6 Å². The van der Waals surface area contributed by atoms with Gasteiger partial charge in [-0.1, -0.05) is 45.0 Å². The number of benzene rings is 1. The Morgan fingerprint density at radius 1 is 1.24 bits per heavy atom. The largest absolute Gasteiger partial charge is 0.350 e. The third-order valence-corrected chi connectivity index (χ3v) is 4.27. The van der Waals surface area contributed by atoms with Crippen molar-refractivity contribution in [3.05, 3.63) is 53.1 Å². The lowest BCUT2D eigenvalue weighted by Crippen LogP contribution is -2.38. The Bertz CT molecular complexity index is 789. The fourth-order valence-corrected chi connectivity index (χ4v) is 2.89. The molecule has 25 heavy (non-hydrogen) atoms. The van der Waals surface area contributed by atoms with Crippen LogP contribution in [0.25, 0.3) is 0 Å². The summed E-state index contributed by atoms with van der Waals surface area (Å²) in [6.45, 7) is 7.82. The normalized spacial score (nSPS) is 14.1. The number of aromatic nitrogens is 2. The van der Waals surface area contributed by atoms with E-state index < -0.39 is 0 Å². The molecule has 2 heterocycles. The predicted molar refractivity (Wildman–Crippen MR) is 95.3 cm³/mol. The number of carbonyl (C=O) groups excluding carboxylic acids is 2. The van der Waals surface area contributed by atoms with Crippen molar-refractivity contribution in [3.63, 3.8) is 0 Å². The Balaban J connectivity index is 1.74. The van der Waals surface area contributed by atoms with Crippen molar-refractivity contribution in [2.24, 2.45) is 5.41 Å². The number of carbonyl (C=O) groups is 2. The second-order valence-electron chi connectivity index (χ2n) is 7.61. The van der Waals surface area contributed by atoms with Crippen LogP contribution in [0.1, 0.15) is 52.9 Å². The van der Waals surface area contributed by atoms with Crippen LogP contribution in [0.5, 0.6) is 0 Å². The van der Waals surface area contributed by atoms with E-state index in [4.69, 9.17) is 0 Å². The van der Waals surface area contributed by atoms with Crippen LogP contribution in [0.4, 0.5) is 0 Å². The molecule has 0 atom stereocenters. The summed E-state index contributed by atoms with van der Waals surface area (Å²) in [4.78, 5) is 33.9. The fraction of sp³-hybridized carbons (Fsp3) is 0.421. The van der Waals surface area contributed by atoms with Gasteiger partial charge in [0.15, 0.2) is 5.69 Å². The molecule has 1 aliphatic rings. The number of rotatable bonds is 3. The van der Waals surface area contributed by atoms with Crippen LogP contribution < -0.4 is 5.32 Å². The van der Waals surface area contributed by atoms with Crippen molar-refractivity contribution in [2.45, 2.75) is 33.7 Å². The van der Waals surface area contributed by atoms with Crippen LogP contribution in [0.15, 0.2) is 30.6 Å². The van der Waals surface area contributed by atoms with Crippen LogP contribution in [-0.2, 0) is 13.0 Å². The van der Waals surface area contributed by atoms with Gasteiger partial charge in [-0.2, -0.15) is 0 Å². The molecule has 0 radical (unpaired) electrons. The fourth-order valence-electron chi connectivity index (χ4n) is 2.89. The van der Waals surface area contributed by atoms with E-state index in [1.54, 1.807) is 4.90 Å². The number of H-pyrrole nitrogens is 1. The SMILES string of the molecule is CC(C)(C)CNC(=O)c1nc[nH]c1C(=O)N1CCc2ccccc2C1. The Hall–Kier alpha value is -2.63. The number of imidazole rings is 1. The van der Waals surface area contributed by atoms with Crippen LogP contribution in [0.2, 0.25) is 0 Å². The van der Waals surface area contributed by atoms with Gasteiger partial charge in [-0.3, -0.25) is 9.59 Å². The lowest BCUT2D eigenvalue weighted by molar-refractivity contribution is 0.0722. The van der Waals surface area contributed by atoms with Gasteiger partial charge in [0.1, 0.15) is 5.69 Å². The summed E-state index contributed by atoms with van der Waals surface area (Å²) in [6, 6.07) is 8.13. The minimum atomic E-state index is -0.322. The standard InChI is InChI=1S/C19H24N4O2/c1-19(2,3)11-20-17(24)15-16(22-12-21-15)18(25)23-9-8-13-6-4-5-7-14(13)10-23/h4-7,12H,8-11H2,1-3H3,(H,20,24)(H,21,22). The van der Waals surface area contributed by atoms with E-state index in [9.17, 15) is 9.59 Å². The van der Waals surface area contributed by atoms with Gasteiger partial charge in [-0.15, -0.1) is 0 Å². The molecule has 1 aliphatic heterocycles. The highest BCUT2D eigenvalue weighted by Crippen LogP contribution is 2.20. The number of hydrogen-bond acceptors (Lipinski definition) is 3. The second-order valence-corrected chi connectivity index (χ2v) is 7.61. The average Bonchev–Trinajstić information content (AvgIpc) is 3.07. The van der Waals surface area contributed by atoms with Gasteiger partial charge >= 0.3 is 0 Å². The predicted octanol–water partition coefficient (Wildman–Crippen LogP) is 2.38. The first-order valence-electron chi connectivity index (χ1n) is 8.53. The third kappa shape index (κ3) is 3.90. The van der Waals surface area contributed by atoms with Crippen molar-refractivity contribution >= 4 is 11.8 Å². The maximum atomic E-state index is 12.9. The highest BCUT2D eigenvalue weighted by molar-refractivity contribution is 6.04. The number of hydrogen-bond donors (Lipinski definition) is 2. The molecule has 6 nitrogen and oxygen atoms in total. The molecule has 0 unspecified atom stereocenters. The number of fused-ring (bicyclic) bond motifs is 1. The topological polar surface area (TPSA) is 78.1 Å². The molecule has 1 aromatic carbocycles. The molecule has 6 heteroatoms. The molecule has 0 fully saturated rings. The minimum Gasteiger partial charge on any atom is -0.350 e. The van der Waals surface area contributed by atoms with E-state index in [0.717, 1.165) is 12.0 Å². The van der Waals surface area contributed by atoms with Crippen molar-refractivity contribution < 1.29 is 9.59 Å². The van der Waals surface area contributed by atoms with E-state index in [1.165, 1.54) is 11.9 Å². The van der Waals surface area contributed by atoms with Crippen LogP contribution >= 0.6 is 0 Å². The smallest absolute Gasteiger partial charge is 0.273 e. The van der Waals surface area contributed by atoms with Gasteiger partial charge in [0.2, 0.25) is 0 Å². The minimum absolute atomic E-state index is 0.0350. The maximum absolute atomic E-state index is 12.9. The molecule has 2 N–H and O–H groups in total. The zero-order chi connectivity index (χ0) is 18.0. The summed E-state index contributed by atoms with van der Waals surface area (Å²) in [5.74, 6) is -0.509. The number of nitrogens with zero attached hydrogens (tertiary/aromatic N) is 2. The Labute approximate surface area is 147 Å². The van der Waals surface area contributed by atoms with Crippen molar-refractivity contribution in [1.82, 2.24) is 20.2 Å². The van der Waals surface area contributed by atoms with Gasteiger partial charge in [-0.25, -0.2) is 4.98 Å². The number of amides is 2. The highest BCUT2D eigenvalue weighted by atomic mass is 16.2. The molecule has 0 bridgehead atoms. The van der Waals surface area contributed by atoms with Crippen molar-refractivity contribution in [2.75, 3.05) is 13.1 Å². The number of nitrogens with one attached hydrogen (secondary N) is 2. The Morgan fingerprint density at radius 2 is 1.96 bits per heavy atom. The lowest BCUT2D eigenvalue weighted by Gasteiger charge is -2.28. The number of aromatic amines is 1. The first-order chi connectivity index (χ1) is 11.8. The molecule has 2 amide bonds. The molecule has 2 aromatic rings. The van der Waals surface area contributed by atoms with Crippen molar-refractivity contribution in [1.29, 1.82) is 0 Å². The molecule has 0 aliphatic carbocycles. The lowest BCUT2D eigenvalue weighted by atomic mass is 9.97. The quantitative estimate of drug-likeness (QED) is 0.900. The Kier molecular flexibility index (Phi) is 4.61. The third-order valence-electron chi connectivity index (χ3n) is 4.27. The Morgan fingerprint density at radius 3 is 2.68 bits per heavy atom. The molecule has 0 spiro atoms.